The summed E-state index contributed by atoms with van der Waals surface area (Å²) in [5.74, 6) is 1.62. The summed E-state index contributed by atoms with van der Waals surface area (Å²) in [6.07, 6.45) is 5.40. The number of rotatable bonds is 19. The van der Waals surface area contributed by atoms with Crippen molar-refractivity contribution in [2.45, 2.75) is 117 Å². The number of aliphatic hydroxyl groups excluding tert-OH is 5. The number of carbonyl (C=O) groups is 1. The molecule has 0 aromatic carbocycles. The lowest BCUT2D eigenvalue weighted by atomic mass is 9.91. The third-order valence-corrected chi connectivity index (χ3v) is 6.23. The van der Waals surface area contributed by atoms with Gasteiger partial charge in [-0.05, 0) is 37.5 Å². The third-order valence-electron chi connectivity index (χ3n) is 6.23. The van der Waals surface area contributed by atoms with E-state index in [9.17, 15) is 25.2 Å². The summed E-state index contributed by atoms with van der Waals surface area (Å²) in [5, 5.41) is 47.1. The highest BCUT2D eigenvalue weighted by Crippen LogP contribution is 2.22. The number of allylic oxidation sites excluding steroid dienone is 1. The van der Waals surface area contributed by atoms with E-state index >= 15 is 0 Å². The second-order valence-electron chi connectivity index (χ2n) is 10.3. The van der Waals surface area contributed by atoms with Gasteiger partial charge in [-0.3, -0.25) is 0 Å². The van der Waals surface area contributed by atoms with Crippen LogP contribution in [0.4, 0.5) is 0 Å². The van der Waals surface area contributed by atoms with Crippen LogP contribution in [0.5, 0.6) is 0 Å². The minimum atomic E-state index is -1.74. The van der Waals surface area contributed by atoms with Crippen LogP contribution in [0.1, 0.15) is 92.4 Å². The number of carbonyl (C=O) groups excluding carboxylic acids is 1. The van der Waals surface area contributed by atoms with Crippen LogP contribution in [-0.2, 0) is 9.53 Å². The zero-order chi connectivity index (χ0) is 25.4. The topological polar surface area (TPSA) is 127 Å². The molecular weight excluding hydrogens is 424 g/mol. The highest BCUT2D eigenvalue weighted by Gasteiger charge is 2.30. The van der Waals surface area contributed by atoms with Crippen molar-refractivity contribution in [2.75, 3.05) is 13.2 Å². The van der Waals surface area contributed by atoms with E-state index in [0.717, 1.165) is 36.7 Å². The van der Waals surface area contributed by atoms with Gasteiger partial charge < -0.3 is 30.3 Å². The minimum Gasteiger partial charge on any atom is -0.460 e. The van der Waals surface area contributed by atoms with Gasteiger partial charge in [-0.15, -0.1) is 0 Å². The first-order chi connectivity index (χ1) is 15.5. The van der Waals surface area contributed by atoms with Crippen molar-refractivity contribution in [3.05, 3.63) is 11.6 Å². The fourth-order valence-electron chi connectivity index (χ4n) is 3.85. The molecule has 0 aliphatic heterocycles. The molecule has 7 nitrogen and oxygen atoms in total. The smallest absolute Gasteiger partial charge is 0.330 e. The number of ether oxygens (including phenoxy) is 1. The summed E-state index contributed by atoms with van der Waals surface area (Å²) >= 11 is 0. The third kappa shape index (κ3) is 16.3. The molecule has 0 aromatic rings. The lowest BCUT2D eigenvalue weighted by Gasteiger charge is -2.25. The van der Waals surface area contributed by atoms with Gasteiger partial charge in [0.2, 0.25) is 0 Å². The quantitative estimate of drug-likeness (QED) is 0.143. The minimum absolute atomic E-state index is 0.522. The van der Waals surface area contributed by atoms with Crippen LogP contribution in [0.3, 0.4) is 0 Å². The van der Waals surface area contributed by atoms with Crippen LogP contribution in [0.2, 0.25) is 0 Å². The molecule has 0 saturated heterocycles. The van der Waals surface area contributed by atoms with Gasteiger partial charge in [-0.1, -0.05) is 78.2 Å². The summed E-state index contributed by atoms with van der Waals surface area (Å²) < 4.78 is 4.92. The number of hydrogen-bond donors (Lipinski definition) is 5. The van der Waals surface area contributed by atoms with Crippen molar-refractivity contribution < 1.29 is 35.1 Å². The largest absolute Gasteiger partial charge is 0.460 e. The molecule has 0 fully saturated rings. The Morgan fingerprint density at radius 2 is 1.27 bits per heavy atom. The zero-order valence-electron chi connectivity index (χ0n) is 21.4. The molecule has 0 amide bonds. The molecular formula is C26H50O7. The van der Waals surface area contributed by atoms with Gasteiger partial charge in [0.05, 0.1) is 6.61 Å². The second kappa shape index (κ2) is 18.4. The number of esters is 1. The van der Waals surface area contributed by atoms with Gasteiger partial charge in [0, 0.05) is 6.08 Å². The van der Waals surface area contributed by atoms with Crippen LogP contribution in [-0.4, -0.2) is 69.1 Å². The van der Waals surface area contributed by atoms with Gasteiger partial charge in [0.25, 0.3) is 0 Å². The molecule has 5 N–H and O–H groups in total. The predicted molar refractivity (Wildman–Crippen MR) is 131 cm³/mol. The lowest BCUT2D eigenvalue weighted by Crippen LogP contribution is -2.47. The molecule has 0 radical (unpaired) electrons. The summed E-state index contributed by atoms with van der Waals surface area (Å²) in [6, 6.07) is 0. The Labute approximate surface area is 200 Å². The zero-order valence-corrected chi connectivity index (χ0v) is 21.4. The Morgan fingerprint density at radius 3 is 1.79 bits per heavy atom. The summed E-state index contributed by atoms with van der Waals surface area (Å²) in [5.41, 5.74) is 0.886. The average molecular weight is 475 g/mol. The summed E-state index contributed by atoms with van der Waals surface area (Å²) in [4.78, 5) is 11.9. The van der Waals surface area contributed by atoms with Crippen molar-refractivity contribution in [1.29, 1.82) is 0 Å². The number of aliphatic hydroxyl groups is 5. The highest BCUT2D eigenvalue weighted by molar-refractivity contribution is 5.82. The molecule has 2 unspecified atom stereocenters. The van der Waals surface area contributed by atoms with E-state index in [4.69, 9.17) is 9.84 Å². The van der Waals surface area contributed by atoms with Gasteiger partial charge in [0.15, 0.2) is 0 Å². The van der Waals surface area contributed by atoms with E-state index in [0.29, 0.717) is 5.92 Å². The van der Waals surface area contributed by atoms with Crippen molar-refractivity contribution in [1.82, 2.24) is 0 Å². The molecule has 0 saturated carbocycles. The Balaban J connectivity index is 4.05. The summed E-state index contributed by atoms with van der Waals surface area (Å²) in [6.45, 7) is 9.78. The predicted octanol–water partition coefficient (Wildman–Crippen LogP) is 3.35. The molecule has 196 valence electrons. The molecule has 0 rings (SSSR count). The molecule has 6 atom stereocenters. The van der Waals surface area contributed by atoms with Crippen LogP contribution >= 0.6 is 0 Å². The van der Waals surface area contributed by atoms with Crippen LogP contribution in [0, 0.1) is 17.8 Å². The van der Waals surface area contributed by atoms with Crippen molar-refractivity contribution in [3.63, 3.8) is 0 Å². The molecule has 0 aliphatic carbocycles. The Bertz CT molecular complexity index is 535. The van der Waals surface area contributed by atoms with E-state index in [1.807, 2.05) is 6.92 Å². The maximum Gasteiger partial charge on any atom is 0.330 e. The van der Waals surface area contributed by atoms with Crippen molar-refractivity contribution in [2.24, 2.45) is 17.8 Å². The van der Waals surface area contributed by atoms with E-state index in [1.165, 1.54) is 44.6 Å². The SMILES string of the molecule is CC(=CC(=O)OC[C@@H](O)[C@H](O)[C@@H](O)[C@@H](O)CO)CCCC(C)CCCC(C)CCCC(C)C. The molecule has 0 bridgehead atoms. The van der Waals surface area contributed by atoms with Gasteiger partial charge in [-0.25, -0.2) is 4.79 Å². The first-order valence-corrected chi connectivity index (χ1v) is 12.6. The fourth-order valence-corrected chi connectivity index (χ4v) is 3.85. The van der Waals surface area contributed by atoms with E-state index in [2.05, 4.69) is 27.7 Å². The van der Waals surface area contributed by atoms with E-state index in [1.54, 1.807) is 0 Å². The van der Waals surface area contributed by atoms with Crippen molar-refractivity contribution >= 4 is 5.97 Å². The Morgan fingerprint density at radius 1 is 0.788 bits per heavy atom. The van der Waals surface area contributed by atoms with Crippen LogP contribution in [0.15, 0.2) is 11.6 Å². The van der Waals surface area contributed by atoms with E-state index in [-0.39, 0.29) is 0 Å². The molecule has 33 heavy (non-hydrogen) atoms. The van der Waals surface area contributed by atoms with Gasteiger partial charge >= 0.3 is 5.97 Å². The molecule has 0 spiro atoms. The summed E-state index contributed by atoms with van der Waals surface area (Å²) in [7, 11) is 0. The highest BCUT2D eigenvalue weighted by atomic mass is 16.5. The normalized spacial score (nSPS) is 18.0. The lowest BCUT2D eigenvalue weighted by molar-refractivity contribution is -0.151. The van der Waals surface area contributed by atoms with Gasteiger partial charge in [0.1, 0.15) is 31.0 Å². The first kappa shape index (κ1) is 32.0. The standard InChI is InChI=1S/C26H50O7/c1-18(2)9-6-10-19(3)11-7-12-20(4)13-8-14-21(5)15-24(30)33-17-23(29)26(32)25(31)22(28)16-27/h15,18-20,22-23,25-29,31-32H,6-14,16-17H2,1-5H3/t19?,20?,22-,23+,25-,26-/m0/s1. The van der Waals surface area contributed by atoms with Crippen molar-refractivity contribution in [3.8, 4) is 0 Å². The maximum atomic E-state index is 11.9. The molecule has 0 heterocycles. The second-order valence-corrected chi connectivity index (χ2v) is 10.3. The Kier molecular flexibility index (Phi) is 17.8. The van der Waals surface area contributed by atoms with Crippen LogP contribution in [0.25, 0.3) is 0 Å². The molecule has 7 heteroatoms. The maximum absolute atomic E-state index is 11.9. The fraction of sp³-hybridized carbons (Fsp3) is 0.885. The van der Waals surface area contributed by atoms with E-state index < -0.39 is 43.6 Å². The first-order valence-electron chi connectivity index (χ1n) is 12.6. The Hall–Kier alpha value is -0.990. The van der Waals surface area contributed by atoms with Crippen LogP contribution < -0.4 is 0 Å². The monoisotopic (exact) mass is 474 g/mol. The number of hydrogen-bond acceptors (Lipinski definition) is 7. The molecule has 0 aromatic heterocycles. The molecule has 0 aliphatic rings. The average Bonchev–Trinajstić information content (AvgIpc) is 2.75. The van der Waals surface area contributed by atoms with Gasteiger partial charge in [-0.2, -0.15) is 0 Å².